The lowest BCUT2D eigenvalue weighted by molar-refractivity contribution is -0.137. The lowest BCUT2D eigenvalue weighted by Gasteiger charge is -2.28. The minimum absolute atomic E-state index is 0.0165. The van der Waals surface area contributed by atoms with E-state index in [4.69, 9.17) is 4.74 Å². The van der Waals surface area contributed by atoms with Crippen LogP contribution in [0.15, 0.2) is 43.0 Å². The summed E-state index contributed by atoms with van der Waals surface area (Å²) in [6.07, 6.45) is -0.0850. The predicted octanol–water partition coefficient (Wildman–Crippen LogP) is 3.14. The molecule has 0 aliphatic rings. The van der Waals surface area contributed by atoms with E-state index in [2.05, 4.69) is 20.2 Å². The molecule has 0 spiro atoms. The molecular formula is C19H18F4N6O2. The summed E-state index contributed by atoms with van der Waals surface area (Å²) >= 11 is 0. The maximum absolute atomic E-state index is 13.8. The quantitative estimate of drug-likeness (QED) is 0.527. The Morgan fingerprint density at radius 2 is 1.90 bits per heavy atom. The molecule has 12 heteroatoms. The van der Waals surface area contributed by atoms with Gasteiger partial charge in [0.15, 0.2) is 5.82 Å². The molecule has 0 aromatic carbocycles. The molecule has 0 bridgehead atoms. The third-order valence-electron chi connectivity index (χ3n) is 4.34. The molecule has 0 saturated heterocycles. The van der Waals surface area contributed by atoms with Crippen molar-refractivity contribution in [2.24, 2.45) is 0 Å². The third-order valence-corrected chi connectivity index (χ3v) is 4.34. The SMILES string of the molecule is CCN(C(=O)c1cc(F)cnc1-n1nccn1)C(C)COc1ccc(C(F)(F)F)cn1. The van der Waals surface area contributed by atoms with Crippen LogP contribution in [0, 0.1) is 5.82 Å². The van der Waals surface area contributed by atoms with Gasteiger partial charge in [-0.3, -0.25) is 4.79 Å². The summed E-state index contributed by atoms with van der Waals surface area (Å²) in [5, 5.41) is 7.85. The highest BCUT2D eigenvalue weighted by Gasteiger charge is 2.31. The third kappa shape index (κ3) is 5.13. The largest absolute Gasteiger partial charge is 0.475 e. The fourth-order valence-electron chi connectivity index (χ4n) is 2.81. The fraction of sp³-hybridized carbons (Fsp3) is 0.316. The second-order valence-corrected chi connectivity index (χ2v) is 6.48. The molecule has 3 aromatic heterocycles. The molecule has 1 amide bonds. The van der Waals surface area contributed by atoms with Crippen molar-refractivity contribution in [3.63, 3.8) is 0 Å². The van der Waals surface area contributed by atoms with Gasteiger partial charge < -0.3 is 9.64 Å². The van der Waals surface area contributed by atoms with Crippen LogP contribution in [0.3, 0.4) is 0 Å². The number of carbonyl (C=O) groups is 1. The maximum atomic E-state index is 13.8. The molecule has 0 aliphatic carbocycles. The Balaban J connectivity index is 1.74. The van der Waals surface area contributed by atoms with E-state index in [1.54, 1.807) is 13.8 Å². The molecule has 8 nitrogen and oxygen atoms in total. The highest BCUT2D eigenvalue weighted by Crippen LogP contribution is 2.29. The van der Waals surface area contributed by atoms with Crippen LogP contribution in [0.2, 0.25) is 0 Å². The average molecular weight is 438 g/mol. The van der Waals surface area contributed by atoms with E-state index in [1.807, 2.05) is 0 Å². The van der Waals surface area contributed by atoms with Gasteiger partial charge in [-0.1, -0.05) is 0 Å². The number of hydrogen-bond donors (Lipinski definition) is 0. The van der Waals surface area contributed by atoms with E-state index in [-0.39, 0.29) is 30.4 Å². The first-order valence-corrected chi connectivity index (χ1v) is 9.20. The zero-order chi connectivity index (χ0) is 22.6. The minimum Gasteiger partial charge on any atom is -0.475 e. The predicted molar refractivity (Wildman–Crippen MR) is 100 cm³/mol. The summed E-state index contributed by atoms with van der Waals surface area (Å²) < 4.78 is 57.1. The summed E-state index contributed by atoms with van der Waals surface area (Å²) in [5.74, 6) is -1.18. The number of likely N-dealkylation sites (N-methyl/N-ethyl adjacent to an activating group) is 1. The molecule has 3 aromatic rings. The molecular weight excluding hydrogens is 420 g/mol. The molecule has 1 unspecified atom stereocenters. The zero-order valence-electron chi connectivity index (χ0n) is 16.5. The van der Waals surface area contributed by atoms with Gasteiger partial charge in [0, 0.05) is 18.8 Å². The first kappa shape index (κ1) is 22.1. The van der Waals surface area contributed by atoms with E-state index in [0.29, 0.717) is 6.20 Å². The molecule has 3 rings (SSSR count). The maximum Gasteiger partial charge on any atom is 0.417 e. The Morgan fingerprint density at radius 1 is 1.19 bits per heavy atom. The van der Waals surface area contributed by atoms with Crippen molar-refractivity contribution in [1.29, 1.82) is 0 Å². The summed E-state index contributed by atoms with van der Waals surface area (Å²) in [7, 11) is 0. The normalized spacial score (nSPS) is 12.5. The van der Waals surface area contributed by atoms with Gasteiger partial charge in [0.25, 0.3) is 5.91 Å². The van der Waals surface area contributed by atoms with Gasteiger partial charge in [-0.05, 0) is 26.0 Å². The van der Waals surface area contributed by atoms with Crippen LogP contribution in [-0.4, -0.2) is 55.0 Å². The monoisotopic (exact) mass is 438 g/mol. The number of halogens is 4. The second-order valence-electron chi connectivity index (χ2n) is 6.48. The van der Waals surface area contributed by atoms with Gasteiger partial charge in [-0.25, -0.2) is 14.4 Å². The number of nitrogens with zero attached hydrogens (tertiary/aromatic N) is 6. The standard InChI is InChI=1S/C19H18F4N6O2/c1-3-28(12(2)11-31-16-5-4-13(9-24-16)19(21,22)23)18(30)15-8-14(20)10-25-17(15)29-26-6-7-27-29/h4-10,12H,3,11H2,1-2H3. The molecule has 31 heavy (non-hydrogen) atoms. The Kier molecular flexibility index (Phi) is 6.47. The Hall–Kier alpha value is -3.57. The number of hydrogen-bond acceptors (Lipinski definition) is 6. The van der Waals surface area contributed by atoms with Crippen LogP contribution in [0.1, 0.15) is 29.8 Å². The second kappa shape index (κ2) is 9.06. The summed E-state index contributed by atoms with van der Waals surface area (Å²) in [6.45, 7) is 3.62. The van der Waals surface area contributed by atoms with E-state index >= 15 is 0 Å². The number of ether oxygens (including phenoxy) is 1. The lowest BCUT2D eigenvalue weighted by atomic mass is 10.2. The molecule has 0 N–H and O–H groups in total. The van der Waals surface area contributed by atoms with Gasteiger partial charge >= 0.3 is 6.18 Å². The van der Waals surface area contributed by atoms with Gasteiger partial charge in [-0.15, -0.1) is 4.80 Å². The lowest BCUT2D eigenvalue weighted by Crippen LogP contribution is -2.42. The topological polar surface area (TPSA) is 86.0 Å². The van der Waals surface area contributed by atoms with Crippen molar-refractivity contribution >= 4 is 5.91 Å². The molecule has 0 radical (unpaired) electrons. The first-order chi connectivity index (χ1) is 14.7. The molecule has 0 aliphatic heterocycles. The smallest absolute Gasteiger partial charge is 0.417 e. The van der Waals surface area contributed by atoms with Gasteiger partial charge in [0.1, 0.15) is 12.4 Å². The van der Waals surface area contributed by atoms with Crippen molar-refractivity contribution in [1.82, 2.24) is 29.9 Å². The molecule has 3 heterocycles. The van der Waals surface area contributed by atoms with Crippen LogP contribution in [0.4, 0.5) is 17.6 Å². The number of carbonyl (C=O) groups excluding carboxylic acids is 1. The van der Waals surface area contributed by atoms with Crippen LogP contribution in [0.25, 0.3) is 5.82 Å². The van der Waals surface area contributed by atoms with Crippen molar-refractivity contribution in [3.05, 3.63) is 59.9 Å². The summed E-state index contributed by atoms with van der Waals surface area (Å²) in [5.41, 5.74) is -0.936. The first-order valence-electron chi connectivity index (χ1n) is 9.20. The Bertz CT molecular complexity index is 1020. The molecule has 1 atom stereocenters. The van der Waals surface area contributed by atoms with Crippen molar-refractivity contribution in [2.75, 3.05) is 13.2 Å². The zero-order valence-corrected chi connectivity index (χ0v) is 16.5. The van der Waals surface area contributed by atoms with Crippen molar-refractivity contribution in [3.8, 4) is 11.7 Å². The minimum atomic E-state index is -4.50. The number of pyridine rings is 2. The Morgan fingerprint density at radius 3 is 2.48 bits per heavy atom. The van der Waals surface area contributed by atoms with Crippen LogP contribution in [0.5, 0.6) is 5.88 Å². The number of amides is 1. The molecule has 0 saturated carbocycles. The highest BCUT2D eigenvalue weighted by atomic mass is 19.4. The van der Waals surface area contributed by atoms with Crippen LogP contribution in [-0.2, 0) is 6.18 Å². The van der Waals surface area contributed by atoms with Crippen LogP contribution < -0.4 is 4.74 Å². The van der Waals surface area contributed by atoms with E-state index in [1.165, 1.54) is 17.3 Å². The van der Waals surface area contributed by atoms with Gasteiger partial charge in [0.05, 0.1) is 35.8 Å². The van der Waals surface area contributed by atoms with E-state index < -0.39 is 29.5 Å². The highest BCUT2D eigenvalue weighted by molar-refractivity contribution is 5.97. The van der Waals surface area contributed by atoms with E-state index in [9.17, 15) is 22.4 Å². The number of alkyl halides is 3. The summed E-state index contributed by atoms with van der Waals surface area (Å²) in [4.78, 5) is 23.2. The fourth-order valence-corrected chi connectivity index (χ4v) is 2.81. The molecule has 0 fully saturated rings. The van der Waals surface area contributed by atoms with Crippen molar-refractivity contribution < 1.29 is 27.1 Å². The van der Waals surface area contributed by atoms with Gasteiger partial charge in [-0.2, -0.15) is 23.4 Å². The Labute approximate surface area is 174 Å². The summed E-state index contributed by atoms with van der Waals surface area (Å²) in [6, 6.07) is 2.49. The number of rotatable bonds is 7. The van der Waals surface area contributed by atoms with E-state index in [0.717, 1.165) is 29.2 Å². The van der Waals surface area contributed by atoms with Crippen LogP contribution >= 0.6 is 0 Å². The molecule has 164 valence electrons. The van der Waals surface area contributed by atoms with Crippen molar-refractivity contribution in [2.45, 2.75) is 26.1 Å². The number of aromatic nitrogens is 5. The van der Waals surface area contributed by atoms with Gasteiger partial charge in [0.2, 0.25) is 5.88 Å². The average Bonchev–Trinajstić information content (AvgIpc) is 3.27.